The van der Waals surface area contributed by atoms with Crippen LogP contribution in [0.3, 0.4) is 0 Å². The van der Waals surface area contributed by atoms with Crippen molar-refractivity contribution in [1.82, 2.24) is 10.2 Å². The van der Waals surface area contributed by atoms with Gasteiger partial charge in [-0.3, -0.25) is 4.90 Å². The minimum atomic E-state index is -4.64. The molecule has 2 rings (SSSR count). The van der Waals surface area contributed by atoms with E-state index >= 15 is 0 Å². The summed E-state index contributed by atoms with van der Waals surface area (Å²) in [5, 5.41) is 12.0. The van der Waals surface area contributed by atoms with Gasteiger partial charge >= 0.3 is 6.18 Å². The van der Waals surface area contributed by atoms with Gasteiger partial charge < -0.3 is 5.32 Å². The van der Waals surface area contributed by atoms with E-state index in [2.05, 4.69) is 5.32 Å². The predicted octanol–water partition coefficient (Wildman–Crippen LogP) is 2.70. The van der Waals surface area contributed by atoms with Crippen LogP contribution >= 0.6 is 0 Å². The summed E-state index contributed by atoms with van der Waals surface area (Å²) in [6, 6.07) is 3.92. The van der Waals surface area contributed by atoms with Crippen molar-refractivity contribution in [3.05, 3.63) is 35.1 Å². The summed E-state index contributed by atoms with van der Waals surface area (Å²) in [5.41, 5.74) is -1.03. The molecule has 0 amide bonds. The van der Waals surface area contributed by atoms with Gasteiger partial charge in [0.1, 0.15) is 5.82 Å². The Bertz CT molecular complexity index is 530. The Hall–Kier alpha value is -1.65. The Balaban J connectivity index is 2.42. The average Bonchev–Trinajstić information content (AvgIpc) is 2.45. The molecule has 114 valence electrons. The molecule has 1 fully saturated rings. The molecule has 1 aliphatic heterocycles. The maximum Gasteiger partial charge on any atom is 0.416 e. The highest BCUT2D eigenvalue weighted by Gasteiger charge is 2.37. The Morgan fingerprint density at radius 3 is 2.52 bits per heavy atom. The first-order valence-electron chi connectivity index (χ1n) is 6.62. The van der Waals surface area contributed by atoms with E-state index in [9.17, 15) is 17.6 Å². The molecule has 7 heteroatoms. The fraction of sp³-hybridized carbons (Fsp3) is 0.500. The molecule has 0 spiro atoms. The van der Waals surface area contributed by atoms with Gasteiger partial charge in [0, 0.05) is 32.2 Å². The summed E-state index contributed by atoms with van der Waals surface area (Å²) in [4.78, 5) is 1.84. The third-order valence-corrected chi connectivity index (χ3v) is 3.56. The first-order valence-corrected chi connectivity index (χ1v) is 6.62. The number of hydrogen-bond acceptors (Lipinski definition) is 3. The lowest BCUT2D eigenvalue weighted by Crippen LogP contribution is -2.45. The highest BCUT2D eigenvalue weighted by molar-refractivity contribution is 5.34. The summed E-state index contributed by atoms with van der Waals surface area (Å²) in [6.45, 7) is 2.43. The van der Waals surface area contributed by atoms with Crippen LogP contribution in [0.1, 0.15) is 23.6 Å². The molecule has 0 radical (unpaired) electrons. The zero-order valence-corrected chi connectivity index (χ0v) is 11.3. The van der Waals surface area contributed by atoms with Crippen LogP contribution in [0, 0.1) is 17.1 Å². The van der Waals surface area contributed by atoms with E-state index in [0.717, 1.165) is 12.1 Å². The fourth-order valence-electron chi connectivity index (χ4n) is 2.58. The Morgan fingerprint density at radius 2 is 1.95 bits per heavy atom. The van der Waals surface area contributed by atoms with Crippen LogP contribution in [0.4, 0.5) is 17.6 Å². The molecule has 0 aromatic heterocycles. The molecule has 1 aromatic rings. The molecule has 0 aliphatic carbocycles. The third-order valence-electron chi connectivity index (χ3n) is 3.56. The normalized spacial score (nSPS) is 18.2. The van der Waals surface area contributed by atoms with Gasteiger partial charge in [-0.25, -0.2) is 4.39 Å². The molecule has 1 aliphatic rings. The lowest BCUT2D eigenvalue weighted by atomic mass is 9.96. The zero-order valence-electron chi connectivity index (χ0n) is 11.3. The van der Waals surface area contributed by atoms with E-state index in [0.29, 0.717) is 32.2 Å². The first kappa shape index (κ1) is 15.7. The SMILES string of the molecule is N#CC[C@H](c1ccc(F)cc1C(F)(F)F)N1CCNCC1. The van der Waals surface area contributed by atoms with Crippen molar-refractivity contribution in [1.29, 1.82) is 5.26 Å². The van der Waals surface area contributed by atoms with Crippen LogP contribution in [0.15, 0.2) is 18.2 Å². The maximum absolute atomic E-state index is 13.2. The zero-order chi connectivity index (χ0) is 15.5. The molecular formula is C14H15F4N3. The van der Waals surface area contributed by atoms with E-state index in [4.69, 9.17) is 5.26 Å². The highest BCUT2D eigenvalue weighted by atomic mass is 19.4. The van der Waals surface area contributed by atoms with Crippen molar-refractivity contribution >= 4 is 0 Å². The molecular weight excluding hydrogens is 286 g/mol. The topological polar surface area (TPSA) is 39.1 Å². The number of nitriles is 1. The smallest absolute Gasteiger partial charge is 0.314 e. The van der Waals surface area contributed by atoms with E-state index in [1.165, 1.54) is 0 Å². The minimum Gasteiger partial charge on any atom is -0.314 e. The molecule has 0 unspecified atom stereocenters. The van der Waals surface area contributed by atoms with Crippen molar-refractivity contribution in [2.24, 2.45) is 0 Å². The molecule has 3 nitrogen and oxygen atoms in total. The largest absolute Gasteiger partial charge is 0.416 e. The number of hydrogen-bond donors (Lipinski definition) is 1. The summed E-state index contributed by atoms with van der Waals surface area (Å²) in [6.07, 6.45) is -4.70. The van der Waals surface area contributed by atoms with Crippen molar-refractivity contribution in [3.8, 4) is 6.07 Å². The molecule has 0 saturated carbocycles. The van der Waals surface area contributed by atoms with Crippen LogP contribution in [0.2, 0.25) is 0 Å². The Labute approximate surface area is 120 Å². The van der Waals surface area contributed by atoms with Crippen molar-refractivity contribution in [2.45, 2.75) is 18.6 Å². The van der Waals surface area contributed by atoms with Crippen molar-refractivity contribution < 1.29 is 17.6 Å². The van der Waals surface area contributed by atoms with E-state index < -0.39 is 23.6 Å². The van der Waals surface area contributed by atoms with Gasteiger partial charge in [0.2, 0.25) is 0 Å². The molecule has 1 heterocycles. The van der Waals surface area contributed by atoms with Gasteiger partial charge in [-0.05, 0) is 17.7 Å². The summed E-state index contributed by atoms with van der Waals surface area (Å²) in [7, 11) is 0. The molecule has 1 saturated heterocycles. The van der Waals surface area contributed by atoms with Gasteiger partial charge in [-0.2, -0.15) is 18.4 Å². The summed E-state index contributed by atoms with van der Waals surface area (Å²) in [5.74, 6) is -0.929. The Morgan fingerprint density at radius 1 is 1.29 bits per heavy atom. The van der Waals surface area contributed by atoms with Crippen LogP contribution < -0.4 is 5.32 Å². The molecule has 1 N–H and O–H groups in total. The highest BCUT2D eigenvalue weighted by Crippen LogP contribution is 2.38. The van der Waals surface area contributed by atoms with Gasteiger partial charge in [-0.15, -0.1) is 0 Å². The molecule has 21 heavy (non-hydrogen) atoms. The van der Waals surface area contributed by atoms with E-state index in [1.807, 2.05) is 11.0 Å². The standard InChI is InChI=1S/C14H15F4N3/c15-10-1-2-11(12(9-10)14(16,17)18)13(3-4-19)21-7-5-20-6-8-21/h1-2,9,13,20H,3,5-8H2/t13-/m1/s1. The average molecular weight is 301 g/mol. The number of nitrogens with one attached hydrogen (secondary N) is 1. The van der Waals surface area contributed by atoms with Gasteiger partial charge in [0.25, 0.3) is 0 Å². The molecule has 1 aromatic carbocycles. The van der Waals surface area contributed by atoms with Crippen LogP contribution in [0.25, 0.3) is 0 Å². The fourth-order valence-corrected chi connectivity index (χ4v) is 2.58. The van der Waals surface area contributed by atoms with Crippen molar-refractivity contribution in [3.63, 3.8) is 0 Å². The maximum atomic E-state index is 13.2. The molecule has 0 bridgehead atoms. The Kier molecular flexibility index (Phi) is 4.80. The lowest BCUT2D eigenvalue weighted by molar-refractivity contribution is -0.139. The number of nitrogens with zero attached hydrogens (tertiary/aromatic N) is 2. The number of piperazine rings is 1. The van der Waals surface area contributed by atoms with Gasteiger partial charge in [0.05, 0.1) is 18.1 Å². The monoisotopic (exact) mass is 301 g/mol. The molecule has 1 atom stereocenters. The quantitative estimate of drug-likeness (QED) is 0.873. The van der Waals surface area contributed by atoms with Crippen LogP contribution in [0.5, 0.6) is 0 Å². The minimum absolute atomic E-state index is 0.0349. The number of alkyl halides is 3. The second-order valence-corrected chi connectivity index (χ2v) is 4.89. The van der Waals surface area contributed by atoms with Gasteiger partial charge in [0.15, 0.2) is 0 Å². The number of halogens is 4. The van der Waals surface area contributed by atoms with Crippen LogP contribution in [-0.4, -0.2) is 31.1 Å². The lowest BCUT2D eigenvalue weighted by Gasteiger charge is -2.35. The predicted molar refractivity (Wildman–Crippen MR) is 68.8 cm³/mol. The second kappa shape index (κ2) is 6.41. The summed E-state index contributed by atoms with van der Waals surface area (Å²) >= 11 is 0. The van der Waals surface area contributed by atoms with Crippen molar-refractivity contribution in [2.75, 3.05) is 26.2 Å². The first-order chi connectivity index (χ1) is 9.93. The summed E-state index contributed by atoms with van der Waals surface area (Å²) < 4.78 is 52.5. The third kappa shape index (κ3) is 3.71. The number of benzene rings is 1. The number of rotatable bonds is 3. The van der Waals surface area contributed by atoms with E-state index in [1.54, 1.807) is 0 Å². The second-order valence-electron chi connectivity index (χ2n) is 4.89. The van der Waals surface area contributed by atoms with Crippen LogP contribution in [-0.2, 0) is 6.18 Å². The van der Waals surface area contributed by atoms with Gasteiger partial charge in [-0.1, -0.05) is 6.07 Å². The van der Waals surface area contributed by atoms with E-state index in [-0.39, 0.29) is 12.0 Å².